The van der Waals surface area contributed by atoms with E-state index >= 15 is 0 Å². The Morgan fingerprint density at radius 3 is 2.80 bits per heavy atom. The Balaban J connectivity index is 1.68. The summed E-state index contributed by atoms with van der Waals surface area (Å²) in [6, 6.07) is 0.688. The summed E-state index contributed by atoms with van der Waals surface area (Å²) in [5, 5.41) is 3.88. The Morgan fingerprint density at radius 2 is 2.15 bits per heavy atom. The van der Waals surface area contributed by atoms with E-state index in [0.29, 0.717) is 11.6 Å². The van der Waals surface area contributed by atoms with Crippen LogP contribution in [0, 0.1) is 11.8 Å². The van der Waals surface area contributed by atoms with E-state index in [1.165, 1.54) is 58.2 Å². The first-order valence-corrected chi connectivity index (χ1v) is 8.80. The van der Waals surface area contributed by atoms with E-state index in [-0.39, 0.29) is 0 Å². The predicted octanol–water partition coefficient (Wildman–Crippen LogP) is 2.66. The predicted molar refractivity (Wildman–Crippen MR) is 82.9 cm³/mol. The largest absolute Gasteiger partial charge is 0.381 e. The second-order valence-electron chi connectivity index (χ2n) is 7.44. The fourth-order valence-corrected chi connectivity index (χ4v) is 4.43. The van der Waals surface area contributed by atoms with Crippen molar-refractivity contribution in [1.29, 1.82) is 0 Å². The maximum atomic E-state index is 5.60. The van der Waals surface area contributed by atoms with Crippen LogP contribution < -0.4 is 5.32 Å². The standard InChI is InChI=1S/C17H32N2O/c1-3-14(2)16-11-19(10-15-6-9-20-12-15)17(13-18-16)7-4-5-8-17/h14-16,18H,3-13H2,1-2H3. The van der Waals surface area contributed by atoms with E-state index < -0.39 is 0 Å². The molecule has 1 spiro atoms. The molecule has 0 aromatic carbocycles. The highest BCUT2D eigenvalue weighted by Crippen LogP contribution is 2.38. The average Bonchev–Trinajstić information content (AvgIpc) is 3.13. The van der Waals surface area contributed by atoms with Crippen molar-refractivity contribution in [2.45, 2.75) is 64.0 Å². The molecule has 116 valence electrons. The second-order valence-corrected chi connectivity index (χ2v) is 7.44. The molecule has 20 heavy (non-hydrogen) atoms. The zero-order valence-corrected chi connectivity index (χ0v) is 13.4. The van der Waals surface area contributed by atoms with Crippen molar-refractivity contribution >= 4 is 0 Å². The van der Waals surface area contributed by atoms with Crippen LogP contribution in [0.3, 0.4) is 0 Å². The van der Waals surface area contributed by atoms with E-state index in [4.69, 9.17) is 4.74 Å². The number of rotatable bonds is 4. The lowest BCUT2D eigenvalue weighted by molar-refractivity contribution is 0.0168. The molecule has 0 bridgehead atoms. The zero-order valence-electron chi connectivity index (χ0n) is 13.4. The first kappa shape index (κ1) is 14.8. The van der Waals surface area contributed by atoms with Gasteiger partial charge in [0, 0.05) is 37.8 Å². The normalized spacial score (nSPS) is 35.7. The molecule has 3 unspecified atom stereocenters. The van der Waals surface area contributed by atoms with Crippen LogP contribution >= 0.6 is 0 Å². The lowest BCUT2D eigenvalue weighted by atomic mass is 9.86. The maximum Gasteiger partial charge on any atom is 0.0507 e. The SMILES string of the molecule is CCC(C)C1CN(CC2CCOC2)C2(CCCC2)CN1. The number of hydrogen-bond donors (Lipinski definition) is 1. The Labute approximate surface area is 124 Å². The van der Waals surface area contributed by atoms with Gasteiger partial charge >= 0.3 is 0 Å². The minimum atomic E-state index is 0.479. The van der Waals surface area contributed by atoms with E-state index in [1.54, 1.807) is 0 Å². The Bertz CT molecular complexity index is 308. The van der Waals surface area contributed by atoms with Crippen LogP contribution in [-0.4, -0.2) is 49.3 Å². The van der Waals surface area contributed by atoms with Crippen molar-refractivity contribution in [3.8, 4) is 0 Å². The second kappa shape index (κ2) is 6.33. The number of hydrogen-bond acceptors (Lipinski definition) is 3. The zero-order chi connectivity index (χ0) is 14.0. The minimum absolute atomic E-state index is 0.479. The van der Waals surface area contributed by atoms with Crippen LogP contribution in [0.25, 0.3) is 0 Å². The van der Waals surface area contributed by atoms with Gasteiger partial charge in [-0.25, -0.2) is 0 Å². The molecule has 2 saturated heterocycles. The Kier molecular flexibility index (Phi) is 4.68. The summed E-state index contributed by atoms with van der Waals surface area (Å²) in [4.78, 5) is 2.87. The van der Waals surface area contributed by atoms with Crippen molar-refractivity contribution < 1.29 is 4.74 Å². The lowest BCUT2D eigenvalue weighted by Gasteiger charge is -2.50. The molecule has 3 rings (SSSR count). The highest BCUT2D eigenvalue weighted by molar-refractivity contribution is 5.03. The van der Waals surface area contributed by atoms with Crippen LogP contribution in [0.4, 0.5) is 0 Å². The Hall–Kier alpha value is -0.120. The molecule has 3 aliphatic rings. The fraction of sp³-hybridized carbons (Fsp3) is 1.00. The first-order valence-electron chi connectivity index (χ1n) is 8.80. The van der Waals surface area contributed by atoms with Crippen molar-refractivity contribution in [3.05, 3.63) is 0 Å². The highest BCUT2D eigenvalue weighted by atomic mass is 16.5. The summed E-state index contributed by atoms with van der Waals surface area (Å²) in [5.41, 5.74) is 0.479. The quantitative estimate of drug-likeness (QED) is 0.857. The van der Waals surface area contributed by atoms with Gasteiger partial charge in [0.15, 0.2) is 0 Å². The first-order chi connectivity index (χ1) is 9.73. The van der Waals surface area contributed by atoms with Crippen molar-refractivity contribution in [1.82, 2.24) is 10.2 Å². The number of nitrogens with zero attached hydrogens (tertiary/aromatic N) is 1. The molecular weight excluding hydrogens is 248 g/mol. The fourth-order valence-electron chi connectivity index (χ4n) is 4.43. The molecule has 0 radical (unpaired) electrons. The van der Waals surface area contributed by atoms with Crippen LogP contribution in [-0.2, 0) is 4.74 Å². The van der Waals surface area contributed by atoms with Crippen LogP contribution in [0.1, 0.15) is 52.4 Å². The van der Waals surface area contributed by atoms with Crippen LogP contribution in [0.2, 0.25) is 0 Å². The van der Waals surface area contributed by atoms with E-state index in [2.05, 4.69) is 24.1 Å². The topological polar surface area (TPSA) is 24.5 Å². The van der Waals surface area contributed by atoms with Gasteiger partial charge in [-0.1, -0.05) is 33.1 Å². The molecule has 3 atom stereocenters. The summed E-state index contributed by atoms with van der Waals surface area (Å²) in [6.07, 6.45) is 8.21. The molecule has 1 aliphatic carbocycles. The smallest absolute Gasteiger partial charge is 0.0507 e. The summed E-state index contributed by atoms with van der Waals surface area (Å²) >= 11 is 0. The molecule has 0 aromatic rings. The molecule has 3 fully saturated rings. The van der Waals surface area contributed by atoms with Gasteiger partial charge in [0.2, 0.25) is 0 Å². The molecule has 3 heteroatoms. The van der Waals surface area contributed by atoms with Gasteiger partial charge in [-0.05, 0) is 31.1 Å². The third-order valence-corrected chi connectivity index (χ3v) is 6.15. The molecule has 2 heterocycles. The van der Waals surface area contributed by atoms with Gasteiger partial charge in [-0.3, -0.25) is 4.90 Å². The molecular formula is C17H32N2O. The van der Waals surface area contributed by atoms with Gasteiger partial charge in [0.25, 0.3) is 0 Å². The van der Waals surface area contributed by atoms with E-state index in [9.17, 15) is 0 Å². The van der Waals surface area contributed by atoms with Gasteiger partial charge < -0.3 is 10.1 Å². The number of nitrogens with one attached hydrogen (secondary N) is 1. The highest BCUT2D eigenvalue weighted by Gasteiger charge is 2.44. The van der Waals surface area contributed by atoms with Crippen molar-refractivity contribution in [2.24, 2.45) is 11.8 Å². The van der Waals surface area contributed by atoms with Gasteiger partial charge in [0.1, 0.15) is 0 Å². The van der Waals surface area contributed by atoms with E-state index in [1.807, 2.05) is 0 Å². The molecule has 0 amide bonds. The van der Waals surface area contributed by atoms with Crippen LogP contribution in [0.5, 0.6) is 0 Å². The average molecular weight is 280 g/mol. The monoisotopic (exact) mass is 280 g/mol. The molecule has 2 aliphatic heterocycles. The molecule has 1 saturated carbocycles. The summed E-state index contributed by atoms with van der Waals surface area (Å²) in [7, 11) is 0. The van der Waals surface area contributed by atoms with Crippen LogP contribution in [0.15, 0.2) is 0 Å². The number of piperazine rings is 1. The molecule has 1 N–H and O–H groups in total. The number of ether oxygens (including phenoxy) is 1. The summed E-state index contributed by atoms with van der Waals surface area (Å²) in [6.45, 7) is 10.4. The minimum Gasteiger partial charge on any atom is -0.381 e. The van der Waals surface area contributed by atoms with Crippen molar-refractivity contribution in [2.75, 3.05) is 32.8 Å². The van der Waals surface area contributed by atoms with Gasteiger partial charge in [-0.2, -0.15) is 0 Å². The van der Waals surface area contributed by atoms with Gasteiger partial charge in [0.05, 0.1) is 6.61 Å². The van der Waals surface area contributed by atoms with Crippen molar-refractivity contribution in [3.63, 3.8) is 0 Å². The molecule has 3 nitrogen and oxygen atoms in total. The summed E-state index contributed by atoms with van der Waals surface area (Å²) in [5.74, 6) is 1.57. The Morgan fingerprint density at radius 1 is 1.35 bits per heavy atom. The van der Waals surface area contributed by atoms with E-state index in [0.717, 1.165) is 25.0 Å². The third kappa shape index (κ3) is 2.90. The van der Waals surface area contributed by atoms with Gasteiger partial charge in [-0.15, -0.1) is 0 Å². The maximum absolute atomic E-state index is 5.60. The lowest BCUT2D eigenvalue weighted by Crippen LogP contribution is -2.65. The molecule has 0 aromatic heterocycles. The third-order valence-electron chi connectivity index (χ3n) is 6.15. The summed E-state index contributed by atoms with van der Waals surface area (Å²) < 4.78 is 5.60.